The summed E-state index contributed by atoms with van der Waals surface area (Å²) >= 11 is 4.65. The van der Waals surface area contributed by atoms with E-state index in [1.54, 1.807) is 19.9 Å². The monoisotopic (exact) mass is 274 g/mol. The van der Waals surface area contributed by atoms with Gasteiger partial charge in [0.2, 0.25) is 16.0 Å². The fourth-order valence-electron chi connectivity index (χ4n) is 1.14. The van der Waals surface area contributed by atoms with E-state index in [0.717, 1.165) is 0 Å². The van der Waals surface area contributed by atoms with Crippen LogP contribution in [0.15, 0.2) is 6.07 Å². The third-order valence-electron chi connectivity index (χ3n) is 2.08. The van der Waals surface area contributed by atoms with Crippen molar-refractivity contribution in [1.29, 1.82) is 0 Å². The molecule has 0 fully saturated rings. The van der Waals surface area contributed by atoms with Gasteiger partial charge in [0.05, 0.1) is 4.99 Å². The Bertz CT molecular complexity index is 522. The number of aromatic nitrogens is 2. The summed E-state index contributed by atoms with van der Waals surface area (Å²) in [6.07, 6.45) is 0. The van der Waals surface area contributed by atoms with Gasteiger partial charge in [-0.05, 0) is 26.8 Å². The lowest BCUT2D eigenvalue weighted by Gasteiger charge is -2.12. The molecule has 0 saturated carbocycles. The molecule has 0 bridgehead atoms. The maximum absolute atomic E-state index is 11.8. The Kier molecular flexibility index (Phi) is 3.99. The van der Waals surface area contributed by atoms with Crippen LogP contribution in [0.3, 0.4) is 0 Å². The first-order valence-electron chi connectivity index (χ1n) is 4.85. The van der Waals surface area contributed by atoms with Gasteiger partial charge in [-0.1, -0.05) is 12.2 Å². The van der Waals surface area contributed by atoms with Crippen molar-refractivity contribution in [1.82, 2.24) is 9.97 Å². The van der Waals surface area contributed by atoms with E-state index in [4.69, 9.17) is 5.73 Å². The Morgan fingerprint density at radius 2 is 1.88 bits per heavy atom. The second kappa shape index (κ2) is 4.92. The standard InChI is InChI=1S/C9H14N4O2S2/c1-5-4-6(2)12-9(11-5)13-17(14,15)7(3)8(10)16/h4,7H,1-3H3,(H2,10,16)(H,11,12,13). The molecule has 6 nitrogen and oxygen atoms in total. The van der Waals surface area contributed by atoms with Crippen molar-refractivity contribution < 1.29 is 8.42 Å². The van der Waals surface area contributed by atoms with Gasteiger partial charge in [0, 0.05) is 11.4 Å². The van der Waals surface area contributed by atoms with Crippen LogP contribution in [0.2, 0.25) is 0 Å². The molecule has 0 saturated heterocycles. The number of hydrogen-bond donors (Lipinski definition) is 2. The first-order chi connectivity index (χ1) is 7.72. The maximum Gasteiger partial charge on any atom is 0.244 e. The molecule has 1 rings (SSSR count). The lowest BCUT2D eigenvalue weighted by atomic mass is 10.4. The smallest absolute Gasteiger partial charge is 0.244 e. The van der Waals surface area contributed by atoms with E-state index >= 15 is 0 Å². The lowest BCUT2D eigenvalue weighted by Crippen LogP contribution is -2.36. The zero-order valence-corrected chi connectivity index (χ0v) is 11.4. The Morgan fingerprint density at radius 3 is 2.29 bits per heavy atom. The van der Waals surface area contributed by atoms with Gasteiger partial charge in [-0.2, -0.15) is 0 Å². The fourth-order valence-corrected chi connectivity index (χ4v) is 2.35. The summed E-state index contributed by atoms with van der Waals surface area (Å²) in [5.41, 5.74) is 6.66. The summed E-state index contributed by atoms with van der Waals surface area (Å²) in [6.45, 7) is 4.92. The number of nitrogens with one attached hydrogen (secondary N) is 1. The molecular formula is C9H14N4O2S2. The predicted octanol–water partition coefficient (Wildman–Crippen LogP) is 0.510. The fraction of sp³-hybridized carbons (Fsp3) is 0.444. The van der Waals surface area contributed by atoms with Crippen LogP contribution in [0.5, 0.6) is 0 Å². The van der Waals surface area contributed by atoms with E-state index in [-0.39, 0.29) is 10.9 Å². The molecule has 0 amide bonds. The summed E-state index contributed by atoms with van der Waals surface area (Å²) in [4.78, 5) is 7.86. The minimum absolute atomic E-state index is 0.0330. The van der Waals surface area contributed by atoms with Crippen LogP contribution in [0, 0.1) is 13.8 Å². The molecule has 1 aromatic rings. The van der Waals surface area contributed by atoms with Crippen LogP contribution >= 0.6 is 12.2 Å². The van der Waals surface area contributed by atoms with Crippen molar-refractivity contribution in [2.75, 3.05) is 4.72 Å². The Balaban J connectivity index is 3.02. The van der Waals surface area contributed by atoms with E-state index in [1.807, 2.05) is 0 Å². The Hall–Kier alpha value is -1.28. The van der Waals surface area contributed by atoms with Gasteiger partial charge in [0.1, 0.15) is 5.25 Å². The molecule has 0 aliphatic rings. The van der Waals surface area contributed by atoms with Crippen LogP contribution in [0.4, 0.5) is 5.95 Å². The molecule has 1 atom stereocenters. The molecule has 17 heavy (non-hydrogen) atoms. The van der Waals surface area contributed by atoms with Crippen molar-refractivity contribution >= 4 is 33.2 Å². The van der Waals surface area contributed by atoms with Gasteiger partial charge in [-0.25, -0.2) is 18.4 Å². The van der Waals surface area contributed by atoms with Crippen molar-refractivity contribution in [2.24, 2.45) is 5.73 Å². The molecule has 0 aromatic carbocycles. The molecule has 0 aliphatic carbocycles. The number of hydrogen-bond acceptors (Lipinski definition) is 5. The summed E-state index contributed by atoms with van der Waals surface area (Å²) in [6, 6.07) is 1.74. The summed E-state index contributed by atoms with van der Waals surface area (Å²) < 4.78 is 25.9. The third kappa shape index (κ3) is 3.60. The molecule has 3 N–H and O–H groups in total. The SMILES string of the molecule is Cc1cc(C)nc(NS(=O)(=O)C(C)C(N)=S)n1. The van der Waals surface area contributed by atoms with Crippen LogP contribution < -0.4 is 10.5 Å². The number of rotatable bonds is 4. The van der Waals surface area contributed by atoms with E-state index < -0.39 is 15.3 Å². The minimum atomic E-state index is -3.69. The summed E-state index contributed by atoms with van der Waals surface area (Å²) in [5.74, 6) is 0.0330. The second-order valence-electron chi connectivity index (χ2n) is 3.67. The minimum Gasteiger partial charge on any atom is -0.392 e. The average molecular weight is 274 g/mol. The zero-order valence-electron chi connectivity index (χ0n) is 9.76. The molecule has 94 valence electrons. The third-order valence-corrected chi connectivity index (χ3v) is 4.24. The highest BCUT2D eigenvalue weighted by Crippen LogP contribution is 2.09. The molecule has 8 heteroatoms. The number of aryl methyl sites for hydroxylation is 2. The average Bonchev–Trinajstić information content (AvgIpc) is 2.13. The van der Waals surface area contributed by atoms with Crippen molar-refractivity contribution in [3.8, 4) is 0 Å². The molecule has 1 aromatic heterocycles. The van der Waals surface area contributed by atoms with Gasteiger partial charge >= 0.3 is 0 Å². The van der Waals surface area contributed by atoms with Crippen molar-refractivity contribution in [3.63, 3.8) is 0 Å². The van der Waals surface area contributed by atoms with E-state index in [9.17, 15) is 8.42 Å². The van der Waals surface area contributed by atoms with Gasteiger partial charge in [-0.3, -0.25) is 4.72 Å². The Labute approximate surface area is 106 Å². The number of nitrogens with two attached hydrogens (primary N) is 1. The normalized spacial score (nSPS) is 13.1. The molecule has 1 unspecified atom stereocenters. The molecule has 0 aliphatic heterocycles. The van der Waals surface area contributed by atoms with Gasteiger partial charge in [-0.15, -0.1) is 0 Å². The highest BCUT2D eigenvalue weighted by atomic mass is 32.2. The zero-order chi connectivity index (χ0) is 13.2. The maximum atomic E-state index is 11.8. The number of nitrogens with zero attached hydrogens (tertiary/aromatic N) is 2. The number of sulfonamides is 1. The molecule has 1 heterocycles. The topological polar surface area (TPSA) is 98.0 Å². The number of thiocarbonyl (C=S) groups is 1. The van der Waals surface area contributed by atoms with E-state index in [2.05, 4.69) is 26.9 Å². The van der Waals surface area contributed by atoms with Gasteiger partial charge < -0.3 is 5.73 Å². The highest BCUT2D eigenvalue weighted by molar-refractivity contribution is 7.95. The van der Waals surface area contributed by atoms with Crippen molar-refractivity contribution in [3.05, 3.63) is 17.5 Å². The largest absolute Gasteiger partial charge is 0.392 e. The molecule has 0 radical (unpaired) electrons. The van der Waals surface area contributed by atoms with Crippen LogP contribution in [-0.4, -0.2) is 28.6 Å². The highest BCUT2D eigenvalue weighted by Gasteiger charge is 2.24. The van der Waals surface area contributed by atoms with Crippen LogP contribution in [-0.2, 0) is 10.0 Å². The van der Waals surface area contributed by atoms with E-state index in [1.165, 1.54) is 6.92 Å². The summed E-state index contributed by atoms with van der Waals surface area (Å²) in [5, 5.41) is -0.970. The number of anilines is 1. The van der Waals surface area contributed by atoms with E-state index in [0.29, 0.717) is 11.4 Å². The van der Waals surface area contributed by atoms with Gasteiger partial charge in [0.15, 0.2) is 0 Å². The predicted molar refractivity (Wildman–Crippen MR) is 70.3 cm³/mol. The lowest BCUT2D eigenvalue weighted by molar-refractivity contribution is 0.598. The van der Waals surface area contributed by atoms with Crippen molar-refractivity contribution in [2.45, 2.75) is 26.0 Å². The Morgan fingerprint density at radius 1 is 1.41 bits per heavy atom. The second-order valence-corrected chi connectivity index (χ2v) is 6.14. The van der Waals surface area contributed by atoms with Crippen LogP contribution in [0.25, 0.3) is 0 Å². The van der Waals surface area contributed by atoms with Gasteiger partial charge in [0.25, 0.3) is 0 Å². The molecule has 0 spiro atoms. The summed E-state index contributed by atoms with van der Waals surface area (Å²) in [7, 11) is -3.69. The first-order valence-corrected chi connectivity index (χ1v) is 6.81. The molecular weight excluding hydrogens is 260 g/mol. The first kappa shape index (κ1) is 13.8. The van der Waals surface area contributed by atoms with Crippen LogP contribution in [0.1, 0.15) is 18.3 Å². The quantitative estimate of drug-likeness (QED) is 0.776.